The summed E-state index contributed by atoms with van der Waals surface area (Å²) >= 11 is 0. The van der Waals surface area contributed by atoms with Gasteiger partial charge in [-0.1, -0.05) is 26.7 Å². The Morgan fingerprint density at radius 3 is 2.28 bits per heavy atom. The monoisotopic (exact) mass is 251 g/mol. The van der Waals surface area contributed by atoms with E-state index >= 15 is 0 Å². The van der Waals surface area contributed by atoms with Crippen molar-refractivity contribution in [2.75, 3.05) is 13.1 Å². The minimum Gasteiger partial charge on any atom is -0.303 e. The average molecular weight is 251 g/mol. The molecule has 0 atom stereocenters. The molecule has 0 unspecified atom stereocenters. The topological polar surface area (TPSA) is 20.3 Å². The Labute approximate surface area is 112 Å². The third-order valence-corrected chi connectivity index (χ3v) is 5.29. The van der Waals surface area contributed by atoms with Crippen LogP contribution in [0.25, 0.3) is 0 Å². The molecule has 2 heteroatoms. The van der Waals surface area contributed by atoms with Gasteiger partial charge in [0.2, 0.25) is 0 Å². The lowest BCUT2D eigenvalue weighted by Gasteiger charge is -2.40. The van der Waals surface area contributed by atoms with E-state index in [0.29, 0.717) is 0 Å². The lowest BCUT2D eigenvalue weighted by molar-refractivity contribution is -0.120. The van der Waals surface area contributed by atoms with Gasteiger partial charge in [0, 0.05) is 18.0 Å². The lowest BCUT2D eigenvalue weighted by atomic mass is 9.71. The molecule has 0 N–H and O–H groups in total. The average Bonchev–Trinajstić information content (AvgIpc) is 2.92. The van der Waals surface area contributed by atoms with Crippen LogP contribution in [-0.2, 0) is 4.79 Å². The van der Waals surface area contributed by atoms with Crippen LogP contribution in [0.15, 0.2) is 0 Å². The van der Waals surface area contributed by atoms with E-state index in [4.69, 9.17) is 0 Å². The van der Waals surface area contributed by atoms with Crippen LogP contribution in [0.4, 0.5) is 0 Å². The third-order valence-electron chi connectivity index (χ3n) is 5.29. The fourth-order valence-electron chi connectivity index (χ4n) is 3.82. The van der Waals surface area contributed by atoms with Gasteiger partial charge in [-0.3, -0.25) is 4.90 Å². The third kappa shape index (κ3) is 3.14. The predicted molar refractivity (Wildman–Crippen MR) is 75.6 cm³/mol. The Hall–Kier alpha value is -0.370. The Morgan fingerprint density at radius 1 is 1.17 bits per heavy atom. The van der Waals surface area contributed by atoms with Crippen LogP contribution in [0.1, 0.15) is 65.2 Å². The maximum Gasteiger partial charge on any atom is 0.127 e. The molecule has 2 aliphatic carbocycles. The first-order chi connectivity index (χ1) is 8.69. The van der Waals surface area contributed by atoms with Crippen molar-refractivity contribution >= 4 is 6.29 Å². The second kappa shape index (κ2) is 6.18. The molecule has 0 heterocycles. The number of hydrogen-bond donors (Lipinski definition) is 0. The van der Waals surface area contributed by atoms with Crippen molar-refractivity contribution in [2.24, 2.45) is 11.3 Å². The molecule has 2 fully saturated rings. The van der Waals surface area contributed by atoms with Crippen molar-refractivity contribution in [1.29, 1.82) is 0 Å². The molecule has 18 heavy (non-hydrogen) atoms. The Morgan fingerprint density at radius 2 is 1.78 bits per heavy atom. The molecule has 0 radical (unpaired) electrons. The molecule has 0 aliphatic heterocycles. The molecular weight excluding hydrogens is 222 g/mol. The smallest absolute Gasteiger partial charge is 0.127 e. The number of aldehydes is 1. The van der Waals surface area contributed by atoms with E-state index in [0.717, 1.165) is 37.9 Å². The van der Waals surface area contributed by atoms with E-state index in [1.165, 1.54) is 44.8 Å². The number of hydrogen-bond acceptors (Lipinski definition) is 2. The fourth-order valence-corrected chi connectivity index (χ4v) is 3.82. The van der Waals surface area contributed by atoms with Gasteiger partial charge >= 0.3 is 0 Å². The van der Waals surface area contributed by atoms with Crippen LogP contribution in [0.5, 0.6) is 0 Å². The molecular formula is C16H29NO. The van der Waals surface area contributed by atoms with E-state index in [9.17, 15) is 4.79 Å². The van der Waals surface area contributed by atoms with Gasteiger partial charge in [-0.15, -0.1) is 0 Å². The molecule has 0 amide bonds. The van der Waals surface area contributed by atoms with Gasteiger partial charge in [0.1, 0.15) is 6.29 Å². The lowest BCUT2D eigenvalue weighted by Crippen LogP contribution is -2.45. The van der Waals surface area contributed by atoms with Crippen LogP contribution in [0, 0.1) is 11.3 Å². The summed E-state index contributed by atoms with van der Waals surface area (Å²) < 4.78 is 0. The quantitative estimate of drug-likeness (QED) is 0.695. The molecule has 2 nitrogen and oxygen atoms in total. The fraction of sp³-hybridized carbons (Fsp3) is 0.938. The van der Waals surface area contributed by atoms with Crippen LogP contribution in [0.2, 0.25) is 0 Å². The van der Waals surface area contributed by atoms with Gasteiger partial charge in [-0.05, 0) is 51.0 Å². The minimum absolute atomic E-state index is 0.0227. The summed E-state index contributed by atoms with van der Waals surface area (Å²) in [6.07, 6.45) is 11.4. The molecule has 104 valence electrons. The van der Waals surface area contributed by atoms with Crippen LogP contribution in [-0.4, -0.2) is 30.3 Å². The summed E-state index contributed by atoms with van der Waals surface area (Å²) in [6, 6.07) is 0.756. The standard InChI is InChI=1S/C16H29NO/c1-3-17(15-6-4-5-7-15)12-16(13-18)10-8-14(2)9-11-16/h13-15H,3-12H2,1-2H3. The van der Waals surface area contributed by atoms with Crippen LogP contribution in [0.3, 0.4) is 0 Å². The zero-order valence-corrected chi connectivity index (χ0v) is 12.2. The van der Waals surface area contributed by atoms with E-state index in [1.807, 2.05) is 0 Å². The zero-order chi connectivity index (χ0) is 13.0. The summed E-state index contributed by atoms with van der Waals surface area (Å²) in [5.41, 5.74) is -0.0227. The molecule has 0 aromatic heterocycles. The van der Waals surface area contributed by atoms with Gasteiger partial charge in [-0.2, -0.15) is 0 Å². The highest BCUT2D eigenvalue weighted by Crippen LogP contribution is 2.39. The van der Waals surface area contributed by atoms with Crippen molar-refractivity contribution in [3.63, 3.8) is 0 Å². The first-order valence-electron chi connectivity index (χ1n) is 7.89. The van der Waals surface area contributed by atoms with Crippen LogP contribution >= 0.6 is 0 Å². The molecule has 0 aromatic carbocycles. The van der Waals surface area contributed by atoms with E-state index in [-0.39, 0.29) is 5.41 Å². The molecule has 2 saturated carbocycles. The van der Waals surface area contributed by atoms with Gasteiger partial charge in [0.05, 0.1) is 0 Å². The summed E-state index contributed by atoms with van der Waals surface area (Å²) in [7, 11) is 0. The summed E-state index contributed by atoms with van der Waals surface area (Å²) in [5, 5.41) is 0. The van der Waals surface area contributed by atoms with Gasteiger partial charge in [0.15, 0.2) is 0 Å². The van der Waals surface area contributed by atoms with Crippen LogP contribution < -0.4 is 0 Å². The van der Waals surface area contributed by atoms with E-state index in [1.54, 1.807) is 0 Å². The number of nitrogens with zero attached hydrogens (tertiary/aromatic N) is 1. The van der Waals surface area contributed by atoms with Gasteiger partial charge in [-0.25, -0.2) is 0 Å². The molecule has 0 saturated heterocycles. The first kappa shape index (κ1) is 14.0. The normalized spacial score (nSPS) is 34.1. The number of carbonyl (C=O) groups excluding carboxylic acids is 1. The summed E-state index contributed by atoms with van der Waals surface area (Å²) in [6.45, 7) is 6.70. The zero-order valence-electron chi connectivity index (χ0n) is 12.2. The van der Waals surface area contributed by atoms with E-state index in [2.05, 4.69) is 18.7 Å². The van der Waals surface area contributed by atoms with Crippen molar-refractivity contribution in [2.45, 2.75) is 71.3 Å². The largest absolute Gasteiger partial charge is 0.303 e. The highest BCUT2D eigenvalue weighted by Gasteiger charge is 2.37. The van der Waals surface area contributed by atoms with Gasteiger partial charge in [0.25, 0.3) is 0 Å². The summed E-state index contributed by atoms with van der Waals surface area (Å²) in [4.78, 5) is 14.2. The molecule has 2 rings (SSSR count). The van der Waals surface area contributed by atoms with E-state index < -0.39 is 0 Å². The van der Waals surface area contributed by atoms with Crippen molar-refractivity contribution in [1.82, 2.24) is 4.90 Å². The highest BCUT2D eigenvalue weighted by atomic mass is 16.1. The SMILES string of the molecule is CCN(CC1(C=O)CCC(C)CC1)C1CCCC1. The summed E-state index contributed by atoms with van der Waals surface area (Å²) in [5.74, 6) is 0.819. The minimum atomic E-state index is -0.0227. The Bertz CT molecular complexity index is 262. The maximum atomic E-state index is 11.6. The molecule has 0 bridgehead atoms. The first-order valence-corrected chi connectivity index (χ1v) is 7.89. The van der Waals surface area contributed by atoms with Crippen molar-refractivity contribution in [3.8, 4) is 0 Å². The number of carbonyl (C=O) groups is 1. The second-order valence-electron chi connectivity index (χ2n) is 6.66. The van der Waals surface area contributed by atoms with Crippen molar-refractivity contribution < 1.29 is 4.79 Å². The molecule has 0 aromatic rings. The Kier molecular flexibility index (Phi) is 4.83. The van der Waals surface area contributed by atoms with Crippen molar-refractivity contribution in [3.05, 3.63) is 0 Å². The number of rotatable bonds is 5. The highest BCUT2D eigenvalue weighted by molar-refractivity contribution is 5.60. The molecule has 2 aliphatic rings. The van der Waals surface area contributed by atoms with Gasteiger partial charge < -0.3 is 4.79 Å². The predicted octanol–water partition coefficient (Wildman–Crippen LogP) is 3.65. The molecule has 0 spiro atoms. The second-order valence-corrected chi connectivity index (χ2v) is 6.66. The maximum absolute atomic E-state index is 11.6. The Balaban J connectivity index is 1.97.